The van der Waals surface area contributed by atoms with Gasteiger partial charge in [-0.15, -0.1) is 0 Å². The van der Waals surface area contributed by atoms with E-state index in [1.54, 1.807) is 13.2 Å². The topological polar surface area (TPSA) is 48.4 Å². The van der Waals surface area contributed by atoms with Crippen LogP contribution in [-0.4, -0.2) is 25.2 Å². The summed E-state index contributed by atoms with van der Waals surface area (Å²) in [4.78, 5) is 15.5. The van der Waals surface area contributed by atoms with Gasteiger partial charge in [0.1, 0.15) is 0 Å². The van der Waals surface area contributed by atoms with Crippen LogP contribution in [0.5, 0.6) is 5.88 Å². The summed E-state index contributed by atoms with van der Waals surface area (Å²) in [5.74, 6) is 0.246. The van der Waals surface area contributed by atoms with Gasteiger partial charge in [0.25, 0.3) is 0 Å². The Kier molecular flexibility index (Phi) is 6.06. The van der Waals surface area contributed by atoms with Crippen LogP contribution < -0.4 is 4.74 Å². The predicted molar refractivity (Wildman–Crippen MR) is 75.2 cm³/mol. The third kappa shape index (κ3) is 4.39. The summed E-state index contributed by atoms with van der Waals surface area (Å²) in [6.07, 6.45) is 6.33. The van der Waals surface area contributed by atoms with Gasteiger partial charge in [-0.1, -0.05) is 13.3 Å². The van der Waals surface area contributed by atoms with Crippen LogP contribution in [0.25, 0.3) is 6.08 Å². The maximum absolute atomic E-state index is 11.2. The fourth-order valence-corrected chi connectivity index (χ4v) is 1.84. The van der Waals surface area contributed by atoms with Gasteiger partial charge in [0.15, 0.2) is 0 Å². The Labute approximate surface area is 114 Å². The molecule has 0 saturated carbocycles. The second kappa shape index (κ2) is 7.56. The minimum Gasteiger partial charge on any atom is -0.481 e. The Morgan fingerprint density at radius 1 is 1.42 bits per heavy atom. The van der Waals surface area contributed by atoms with E-state index in [-0.39, 0.29) is 5.97 Å². The average Bonchev–Trinajstić information content (AvgIpc) is 2.42. The Morgan fingerprint density at radius 3 is 2.74 bits per heavy atom. The normalized spacial score (nSPS) is 10.7. The van der Waals surface area contributed by atoms with Gasteiger partial charge in [0, 0.05) is 17.8 Å². The zero-order chi connectivity index (χ0) is 14.3. The number of nitrogens with zero attached hydrogens (tertiary/aromatic N) is 1. The van der Waals surface area contributed by atoms with Crippen LogP contribution in [0, 0.1) is 6.92 Å². The highest BCUT2D eigenvalue weighted by Crippen LogP contribution is 2.22. The third-order valence-electron chi connectivity index (χ3n) is 2.91. The summed E-state index contributed by atoms with van der Waals surface area (Å²) in [6.45, 7) is 4.06. The summed E-state index contributed by atoms with van der Waals surface area (Å²) >= 11 is 0. The van der Waals surface area contributed by atoms with E-state index in [2.05, 4.69) is 16.6 Å². The van der Waals surface area contributed by atoms with Crippen molar-refractivity contribution in [1.29, 1.82) is 0 Å². The number of aromatic nitrogens is 1. The Morgan fingerprint density at radius 2 is 2.16 bits per heavy atom. The molecule has 0 amide bonds. The largest absolute Gasteiger partial charge is 0.481 e. The molecule has 4 nitrogen and oxygen atoms in total. The van der Waals surface area contributed by atoms with Crippen molar-refractivity contribution in [3.63, 3.8) is 0 Å². The van der Waals surface area contributed by atoms with Crippen molar-refractivity contribution in [2.75, 3.05) is 14.2 Å². The first-order chi connectivity index (χ1) is 9.12. The minimum atomic E-state index is -0.364. The summed E-state index contributed by atoms with van der Waals surface area (Å²) in [5, 5.41) is 0. The standard InChI is InChI=1S/C15H21NO3/c1-5-6-7-12-10-14(18-3)16-11(2)13(12)8-9-15(17)19-4/h8-10H,5-7H2,1-4H3/b9-8-. The summed E-state index contributed by atoms with van der Waals surface area (Å²) in [5.41, 5.74) is 2.97. The van der Waals surface area contributed by atoms with Crippen LogP contribution in [0.4, 0.5) is 0 Å². The smallest absolute Gasteiger partial charge is 0.330 e. The Hall–Kier alpha value is -1.84. The number of aryl methyl sites for hydroxylation is 2. The lowest BCUT2D eigenvalue weighted by molar-refractivity contribution is -0.134. The highest BCUT2D eigenvalue weighted by molar-refractivity contribution is 5.87. The maximum atomic E-state index is 11.2. The molecule has 0 aromatic carbocycles. The number of esters is 1. The Bertz CT molecular complexity index is 467. The van der Waals surface area contributed by atoms with Gasteiger partial charge in [-0.05, 0) is 37.0 Å². The first-order valence-corrected chi connectivity index (χ1v) is 6.42. The van der Waals surface area contributed by atoms with Crippen molar-refractivity contribution in [2.24, 2.45) is 0 Å². The van der Waals surface area contributed by atoms with Crippen LogP contribution in [0.1, 0.15) is 36.6 Å². The molecule has 4 heteroatoms. The van der Waals surface area contributed by atoms with E-state index in [4.69, 9.17) is 4.74 Å². The molecule has 0 aliphatic heterocycles. The van der Waals surface area contributed by atoms with Crippen molar-refractivity contribution < 1.29 is 14.3 Å². The molecule has 0 fully saturated rings. The highest BCUT2D eigenvalue weighted by Gasteiger charge is 2.08. The molecule has 1 aromatic heterocycles. The second-order valence-electron chi connectivity index (χ2n) is 4.28. The lowest BCUT2D eigenvalue weighted by Gasteiger charge is -2.11. The summed E-state index contributed by atoms with van der Waals surface area (Å²) in [6, 6.07) is 1.93. The fourth-order valence-electron chi connectivity index (χ4n) is 1.84. The first kappa shape index (κ1) is 15.2. The molecule has 0 bridgehead atoms. The predicted octanol–water partition coefficient (Wildman–Crippen LogP) is 2.93. The van der Waals surface area contributed by atoms with E-state index >= 15 is 0 Å². The maximum Gasteiger partial charge on any atom is 0.330 e. The summed E-state index contributed by atoms with van der Waals surface area (Å²) in [7, 11) is 2.97. The van der Waals surface area contributed by atoms with Crippen LogP contribution in [0.2, 0.25) is 0 Å². The average molecular weight is 263 g/mol. The monoisotopic (exact) mass is 263 g/mol. The lowest BCUT2D eigenvalue weighted by atomic mass is 10.0. The lowest BCUT2D eigenvalue weighted by Crippen LogP contribution is -2.00. The number of carbonyl (C=O) groups is 1. The van der Waals surface area contributed by atoms with Gasteiger partial charge in [-0.2, -0.15) is 0 Å². The molecular weight excluding hydrogens is 242 g/mol. The number of rotatable bonds is 6. The van der Waals surface area contributed by atoms with Gasteiger partial charge in [-0.25, -0.2) is 9.78 Å². The van der Waals surface area contributed by atoms with E-state index < -0.39 is 0 Å². The molecule has 0 N–H and O–H groups in total. The molecular formula is C15H21NO3. The molecule has 0 spiro atoms. The van der Waals surface area contributed by atoms with Crippen LogP contribution in [0.3, 0.4) is 0 Å². The van der Waals surface area contributed by atoms with Crippen LogP contribution in [-0.2, 0) is 16.0 Å². The van der Waals surface area contributed by atoms with Crippen molar-refractivity contribution >= 4 is 12.0 Å². The SMILES string of the molecule is CCCCc1cc(OC)nc(C)c1/C=C\C(=O)OC. The number of unbranched alkanes of at least 4 members (excludes halogenated alkanes) is 1. The summed E-state index contributed by atoms with van der Waals surface area (Å²) < 4.78 is 9.80. The molecule has 0 unspecified atom stereocenters. The molecule has 0 atom stereocenters. The van der Waals surface area contributed by atoms with E-state index in [1.165, 1.54) is 13.2 Å². The van der Waals surface area contributed by atoms with Crippen molar-refractivity contribution in [2.45, 2.75) is 33.1 Å². The van der Waals surface area contributed by atoms with Crippen LogP contribution >= 0.6 is 0 Å². The molecule has 1 rings (SSSR count). The number of hydrogen-bond donors (Lipinski definition) is 0. The van der Waals surface area contributed by atoms with Gasteiger partial charge >= 0.3 is 5.97 Å². The first-order valence-electron chi connectivity index (χ1n) is 6.42. The van der Waals surface area contributed by atoms with Crippen molar-refractivity contribution in [3.05, 3.63) is 29.0 Å². The number of hydrogen-bond acceptors (Lipinski definition) is 4. The minimum absolute atomic E-state index is 0.364. The highest BCUT2D eigenvalue weighted by atomic mass is 16.5. The molecule has 1 aromatic rings. The quantitative estimate of drug-likeness (QED) is 0.585. The van der Waals surface area contributed by atoms with Gasteiger partial charge in [-0.3, -0.25) is 0 Å². The number of pyridine rings is 1. The molecule has 0 saturated heterocycles. The number of carbonyl (C=O) groups excluding carboxylic acids is 1. The van der Waals surface area contributed by atoms with E-state index in [0.717, 1.165) is 36.1 Å². The molecule has 0 aliphatic carbocycles. The van der Waals surface area contributed by atoms with Crippen molar-refractivity contribution in [1.82, 2.24) is 4.98 Å². The molecule has 1 heterocycles. The molecule has 19 heavy (non-hydrogen) atoms. The molecule has 104 valence electrons. The van der Waals surface area contributed by atoms with Gasteiger partial charge in [0.05, 0.1) is 14.2 Å². The zero-order valence-corrected chi connectivity index (χ0v) is 12.0. The number of methoxy groups -OCH3 is 2. The van der Waals surface area contributed by atoms with Crippen molar-refractivity contribution in [3.8, 4) is 5.88 Å². The fraction of sp³-hybridized carbons (Fsp3) is 0.467. The van der Waals surface area contributed by atoms with Gasteiger partial charge in [0.2, 0.25) is 5.88 Å². The van der Waals surface area contributed by atoms with E-state index in [9.17, 15) is 4.79 Å². The van der Waals surface area contributed by atoms with E-state index in [1.807, 2.05) is 13.0 Å². The molecule has 0 radical (unpaired) electrons. The second-order valence-corrected chi connectivity index (χ2v) is 4.28. The molecule has 0 aliphatic rings. The third-order valence-corrected chi connectivity index (χ3v) is 2.91. The van der Waals surface area contributed by atoms with Crippen LogP contribution in [0.15, 0.2) is 12.1 Å². The van der Waals surface area contributed by atoms with Gasteiger partial charge < -0.3 is 9.47 Å². The van der Waals surface area contributed by atoms with E-state index in [0.29, 0.717) is 5.88 Å². The Balaban J connectivity index is 3.11. The number of ether oxygens (including phenoxy) is 2. The zero-order valence-electron chi connectivity index (χ0n) is 12.0.